The molecule has 0 saturated heterocycles. The van der Waals surface area contributed by atoms with Crippen LogP contribution < -0.4 is 5.32 Å². The van der Waals surface area contributed by atoms with Crippen LogP contribution in [0.1, 0.15) is 48.9 Å². The third-order valence-corrected chi connectivity index (χ3v) is 3.74. The summed E-state index contributed by atoms with van der Waals surface area (Å²) >= 11 is 0. The molecule has 0 spiro atoms. The van der Waals surface area contributed by atoms with Crippen LogP contribution in [-0.4, -0.2) is 5.91 Å². The van der Waals surface area contributed by atoms with Gasteiger partial charge in [-0.2, -0.15) is 0 Å². The molecule has 92 valence electrons. The highest BCUT2D eigenvalue weighted by molar-refractivity contribution is 5.79. The maximum absolute atomic E-state index is 11.9. The summed E-state index contributed by atoms with van der Waals surface area (Å²) < 4.78 is 0. The lowest BCUT2D eigenvalue weighted by atomic mass is 9.84. The molecule has 1 aromatic carbocycles. The number of benzene rings is 1. The predicted molar refractivity (Wildman–Crippen MR) is 69.8 cm³/mol. The van der Waals surface area contributed by atoms with E-state index in [1.807, 2.05) is 0 Å². The number of hydrogen-bond donors (Lipinski definition) is 1. The van der Waals surface area contributed by atoms with E-state index < -0.39 is 0 Å². The lowest BCUT2D eigenvalue weighted by Crippen LogP contribution is -2.36. The Balaban J connectivity index is 2.05. The molecular weight excluding hydrogens is 210 g/mol. The summed E-state index contributed by atoms with van der Waals surface area (Å²) in [5, 5.41) is 3.13. The van der Waals surface area contributed by atoms with E-state index in [-0.39, 0.29) is 17.9 Å². The molecule has 0 heterocycles. The molecule has 1 amide bonds. The largest absolute Gasteiger partial charge is 0.349 e. The molecule has 1 aliphatic carbocycles. The van der Waals surface area contributed by atoms with Gasteiger partial charge in [-0.1, -0.05) is 30.2 Å². The van der Waals surface area contributed by atoms with Crippen LogP contribution in [0.4, 0.5) is 0 Å². The molecule has 2 heteroatoms. The van der Waals surface area contributed by atoms with Crippen LogP contribution in [-0.2, 0) is 4.79 Å². The van der Waals surface area contributed by atoms with E-state index in [1.54, 1.807) is 0 Å². The highest BCUT2D eigenvalue weighted by Gasteiger charge is 2.26. The number of aryl methyl sites for hydroxylation is 2. The zero-order valence-electron chi connectivity index (χ0n) is 10.9. The van der Waals surface area contributed by atoms with Gasteiger partial charge in [0.1, 0.15) is 0 Å². The van der Waals surface area contributed by atoms with Crippen LogP contribution in [0.2, 0.25) is 0 Å². The van der Waals surface area contributed by atoms with Crippen molar-refractivity contribution >= 4 is 5.91 Å². The molecule has 1 atom stereocenters. The number of carbonyl (C=O) groups is 1. The van der Waals surface area contributed by atoms with E-state index in [2.05, 4.69) is 44.3 Å². The van der Waals surface area contributed by atoms with Crippen molar-refractivity contribution in [3.05, 3.63) is 34.9 Å². The third-order valence-electron chi connectivity index (χ3n) is 3.74. The van der Waals surface area contributed by atoms with E-state index in [9.17, 15) is 4.79 Å². The van der Waals surface area contributed by atoms with Crippen molar-refractivity contribution in [2.45, 2.75) is 46.1 Å². The first-order valence-electron chi connectivity index (χ1n) is 6.45. The maximum atomic E-state index is 11.9. The molecule has 2 nitrogen and oxygen atoms in total. The summed E-state index contributed by atoms with van der Waals surface area (Å²) in [6.07, 6.45) is 3.33. The van der Waals surface area contributed by atoms with Gasteiger partial charge in [0.25, 0.3) is 0 Å². The smallest absolute Gasteiger partial charge is 0.223 e. The minimum Gasteiger partial charge on any atom is -0.349 e. The molecule has 2 rings (SSSR count). The highest BCUT2D eigenvalue weighted by Crippen LogP contribution is 2.27. The maximum Gasteiger partial charge on any atom is 0.223 e. The molecule has 0 aromatic heterocycles. The van der Waals surface area contributed by atoms with Crippen LogP contribution >= 0.6 is 0 Å². The van der Waals surface area contributed by atoms with Crippen molar-refractivity contribution in [1.29, 1.82) is 0 Å². The molecule has 0 radical (unpaired) electrons. The highest BCUT2D eigenvalue weighted by atomic mass is 16.1. The van der Waals surface area contributed by atoms with E-state index in [0.29, 0.717) is 0 Å². The fourth-order valence-corrected chi connectivity index (χ4v) is 2.31. The van der Waals surface area contributed by atoms with Crippen LogP contribution in [0.15, 0.2) is 18.2 Å². The number of hydrogen-bond acceptors (Lipinski definition) is 1. The van der Waals surface area contributed by atoms with Gasteiger partial charge in [-0.25, -0.2) is 0 Å². The average Bonchev–Trinajstić information content (AvgIpc) is 2.18. The summed E-state index contributed by atoms with van der Waals surface area (Å²) in [7, 11) is 0. The Hall–Kier alpha value is -1.31. The minimum atomic E-state index is 0.114. The first-order valence-corrected chi connectivity index (χ1v) is 6.45. The summed E-state index contributed by atoms with van der Waals surface area (Å²) in [4.78, 5) is 11.9. The van der Waals surface area contributed by atoms with Crippen molar-refractivity contribution in [2.75, 3.05) is 0 Å². The van der Waals surface area contributed by atoms with Crippen molar-refractivity contribution in [3.63, 3.8) is 0 Å². The second kappa shape index (κ2) is 4.91. The summed E-state index contributed by atoms with van der Waals surface area (Å²) in [6, 6.07) is 6.51. The molecule has 0 aliphatic heterocycles. The second-order valence-electron chi connectivity index (χ2n) is 5.22. The quantitative estimate of drug-likeness (QED) is 0.849. The standard InChI is InChI=1S/C15H21NO/c1-10-7-8-11(2)14(9-10)12(3)16-15(17)13-5-4-6-13/h7-9,12-13H,4-6H2,1-3H3,(H,16,17)/t12-/m1/s1. The Morgan fingerprint density at radius 1 is 1.35 bits per heavy atom. The number of rotatable bonds is 3. The van der Waals surface area contributed by atoms with Crippen LogP contribution in [0.5, 0.6) is 0 Å². The van der Waals surface area contributed by atoms with Crippen molar-refractivity contribution < 1.29 is 4.79 Å². The molecule has 1 saturated carbocycles. The third kappa shape index (κ3) is 2.68. The zero-order chi connectivity index (χ0) is 12.4. The van der Waals surface area contributed by atoms with Gasteiger partial charge in [0.2, 0.25) is 5.91 Å². The Morgan fingerprint density at radius 2 is 2.06 bits per heavy atom. The first kappa shape index (κ1) is 12.2. The Bertz CT molecular complexity index is 421. The summed E-state index contributed by atoms with van der Waals surface area (Å²) in [6.45, 7) is 6.25. The molecule has 1 aromatic rings. The van der Waals surface area contributed by atoms with Gasteiger partial charge in [0, 0.05) is 5.92 Å². The monoisotopic (exact) mass is 231 g/mol. The summed E-state index contributed by atoms with van der Waals surface area (Å²) in [5.74, 6) is 0.493. The fraction of sp³-hybridized carbons (Fsp3) is 0.533. The second-order valence-corrected chi connectivity index (χ2v) is 5.22. The molecule has 1 N–H and O–H groups in total. The van der Waals surface area contributed by atoms with E-state index in [0.717, 1.165) is 12.8 Å². The number of nitrogens with one attached hydrogen (secondary N) is 1. The van der Waals surface area contributed by atoms with Crippen LogP contribution in [0.3, 0.4) is 0 Å². The lowest BCUT2D eigenvalue weighted by molar-refractivity contribution is -0.128. The molecule has 0 unspecified atom stereocenters. The van der Waals surface area contributed by atoms with Gasteiger partial charge < -0.3 is 5.32 Å². The van der Waals surface area contributed by atoms with Crippen LogP contribution in [0, 0.1) is 19.8 Å². The van der Waals surface area contributed by atoms with Crippen molar-refractivity contribution in [3.8, 4) is 0 Å². The molecule has 1 aliphatic rings. The van der Waals surface area contributed by atoms with Crippen molar-refractivity contribution in [2.24, 2.45) is 5.92 Å². The van der Waals surface area contributed by atoms with Crippen molar-refractivity contribution in [1.82, 2.24) is 5.32 Å². The minimum absolute atomic E-state index is 0.114. The SMILES string of the molecule is Cc1ccc(C)c([C@@H](C)NC(=O)C2CCC2)c1. The van der Waals surface area contributed by atoms with Gasteiger partial charge in [-0.3, -0.25) is 4.79 Å². The number of amides is 1. The number of carbonyl (C=O) groups excluding carboxylic acids is 1. The predicted octanol–water partition coefficient (Wildman–Crippen LogP) is 3.28. The van der Waals surface area contributed by atoms with Crippen LogP contribution in [0.25, 0.3) is 0 Å². The zero-order valence-corrected chi connectivity index (χ0v) is 10.9. The van der Waals surface area contributed by atoms with Gasteiger partial charge in [0.15, 0.2) is 0 Å². The van der Waals surface area contributed by atoms with E-state index >= 15 is 0 Å². The molecular formula is C15H21NO. The van der Waals surface area contributed by atoms with Gasteiger partial charge in [-0.05, 0) is 44.7 Å². The molecule has 0 bridgehead atoms. The fourth-order valence-electron chi connectivity index (χ4n) is 2.31. The Morgan fingerprint density at radius 3 is 2.65 bits per heavy atom. The Kier molecular flexibility index (Phi) is 3.51. The topological polar surface area (TPSA) is 29.1 Å². The molecule has 17 heavy (non-hydrogen) atoms. The van der Waals surface area contributed by atoms with E-state index in [4.69, 9.17) is 0 Å². The lowest BCUT2D eigenvalue weighted by Gasteiger charge is -2.26. The van der Waals surface area contributed by atoms with Gasteiger partial charge in [0.05, 0.1) is 6.04 Å². The van der Waals surface area contributed by atoms with Gasteiger partial charge in [-0.15, -0.1) is 0 Å². The van der Waals surface area contributed by atoms with E-state index in [1.165, 1.54) is 23.1 Å². The Labute approximate surface area is 103 Å². The molecule has 1 fully saturated rings. The summed E-state index contributed by atoms with van der Waals surface area (Å²) in [5.41, 5.74) is 3.73. The van der Waals surface area contributed by atoms with Gasteiger partial charge >= 0.3 is 0 Å². The first-order chi connectivity index (χ1) is 8.08. The average molecular weight is 231 g/mol. The normalized spacial score (nSPS) is 17.4.